The number of carbonyl (C=O) groups is 3. The number of carboxylic acid groups (broad SMARTS) is 2. The second kappa shape index (κ2) is 22.8. The van der Waals surface area contributed by atoms with Crippen molar-refractivity contribution in [2.75, 3.05) is 103 Å². The lowest BCUT2D eigenvalue weighted by molar-refractivity contribution is -0.138. The summed E-state index contributed by atoms with van der Waals surface area (Å²) in [5, 5.41) is 29.8. The van der Waals surface area contributed by atoms with Crippen LogP contribution in [0, 0.1) is 0 Å². The zero-order chi connectivity index (χ0) is 45.8. The van der Waals surface area contributed by atoms with Crippen molar-refractivity contribution < 1.29 is 62.5 Å². The molecule has 0 atom stereocenters. The highest BCUT2D eigenvalue weighted by atomic mass is 35.5. The SMILES string of the molecule is COc1cc(C=O)ccc1N1CCOCCOCCN(c2ccc(-c3c4cc(CCC(=O)O)c(=O)c(Cl)c-4oc4c(Cl)c(O)c(CCC(=O)O)cc34)cc2OC)CCOCCOCC1. The first-order chi connectivity index (χ1) is 30.9. The molecule has 3 aromatic rings. The highest BCUT2D eigenvalue weighted by Crippen LogP contribution is 2.48. The number of phenols is 1. The molecule has 0 spiro atoms. The van der Waals surface area contributed by atoms with Crippen LogP contribution in [0.25, 0.3) is 33.4 Å². The number of benzene rings is 4. The number of aldehydes is 1. The topological polar surface area (TPSA) is 204 Å². The zero-order valence-corrected chi connectivity index (χ0v) is 37.0. The molecule has 0 radical (unpaired) electrons. The molecule has 0 unspecified atom stereocenters. The van der Waals surface area contributed by atoms with E-state index in [1.165, 1.54) is 7.11 Å². The molecular formula is C46H50Cl2N2O14. The molecule has 2 aliphatic heterocycles. The number of phenolic OH excluding ortho intramolecular Hbond substituents is 1. The number of ether oxygens (including phenoxy) is 6. The Hall–Kier alpha value is -5.62. The van der Waals surface area contributed by atoms with Gasteiger partial charge in [-0.2, -0.15) is 0 Å². The Labute approximate surface area is 379 Å². The Morgan fingerprint density at radius 3 is 1.73 bits per heavy atom. The first-order valence-corrected chi connectivity index (χ1v) is 21.4. The van der Waals surface area contributed by atoms with E-state index in [1.54, 1.807) is 37.4 Å². The van der Waals surface area contributed by atoms with Crippen LogP contribution in [0.4, 0.5) is 11.4 Å². The molecule has 0 bridgehead atoms. The first kappa shape index (κ1) is 47.8. The minimum absolute atomic E-state index is 0.00109. The number of nitrogens with zero attached hydrogens (tertiary/aromatic N) is 2. The molecule has 16 nitrogen and oxygen atoms in total. The van der Waals surface area contributed by atoms with E-state index in [2.05, 4.69) is 9.80 Å². The van der Waals surface area contributed by atoms with E-state index >= 15 is 0 Å². The number of aliphatic carboxylic acids is 2. The molecule has 6 rings (SSSR count). The lowest BCUT2D eigenvalue weighted by Crippen LogP contribution is -2.33. The van der Waals surface area contributed by atoms with Gasteiger partial charge in [0.1, 0.15) is 33.6 Å². The minimum atomic E-state index is -1.10. The molecule has 1 fully saturated rings. The number of carbonyl (C=O) groups excluding carboxylic acids is 1. The van der Waals surface area contributed by atoms with Gasteiger partial charge in [0.05, 0.1) is 78.4 Å². The number of halogens is 2. The number of aromatic hydroxyl groups is 1. The normalized spacial score (nSPS) is 15.1. The third kappa shape index (κ3) is 11.5. The van der Waals surface area contributed by atoms with E-state index < -0.39 is 17.4 Å². The van der Waals surface area contributed by atoms with Crippen LogP contribution < -0.4 is 24.7 Å². The molecule has 0 aromatic heterocycles. The predicted molar refractivity (Wildman–Crippen MR) is 241 cm³/mol. The summed E-state index contributed by atoms with van der Waals surface area (Å²) in [4.78, 5) is 52.0. The molecule has 2 heterocycles. The zero-order valence-electron chi connectivity index (χ0n) is 35.5. The van der Waals surface area contributed by atoms with Gasteiger partial charge in [0.25, 0.3) is 0 Å². The quantitative estimate of drug-likeness (QED) is 0.0866. The van der Waals surface area contributed by atoms with E-state index in [9.17, 15) is 34.5 Å². The third-order valence-corrected chi connectivity index (χ3v) is 11.4. The highest BCUT2D eigenvalue weighted by Gasteiger charge is 2.28. The van der Waals surface area contributed by atoms with Crippen LogP contribution in [0.2, 0.25) is 10.0 Å². The van der Waals surface area contributed by atoms with Crippen molar-refractivity contribution in [1.82, 2.24) is 0 Å². The van der Waals surface area contributed by atoms with Gasteiger partial charge < -0.3 is 58.0 Å². The average molecular weight is 926 g/mol. The smallest absolute Gasteiger partial charge is 0.303 e. The molecule has 342 valence electrons. The molecule has 3 N–H and O–H groups in total. The number of fused-ring (bicyclic) bond motifs is 2. The van der Waals surface area contributed by atoms with Crippen molar-refractivity contribution in [3.63, 3.8) is 0 Å². The number of carboxylic acids is 2. The van der Waals surface area contributed by atoms with Crippen LogP contribution in [-0.2, 0) is 41.4 Å². The van der Waals surface area contributed by atoms with Gasteiger partial charge >= 0.3 is 11.9 Å². The monoisotopic (exact) mass is 924 g/mol. The van der Waals surface area contributed by atoms with E-state index in [0.29, 0.717) is 124 Å². The Balaban J connectivity index is 1.29. The van der Waals surface area contributed by atoms with Crippen molar-refractivity contribution >= 4 is 63.8 Å². The number of hydrogen-bond donors (Lipinski definition) is 3. The first-order valence-electron chi connectivity index (χ1n) is 20.6. The van der Waals surface area contributed by atoms with Gasteiger partial charge in [-0.15, -0.1) is 0 Å². The number of hydrogen-bond acceptors (Lipinski definition) is 14. The Bertz CT molecular complexity index is 2460. The molecule has 18 heteroatoms. The lowest BCUT2D eigenvalue weighted by atomic mass is 9.90. The molecule has 64 heavy (non-hydrogen) atoms. The van der Waals surface area contributed by atoms with Crippen LogP contribution in [0.5, 0.6) is 17.2 Å². The lowest BCUT2D eigenvalue weighted by Gasteiger charge is -2.28. The van der Waals surface area contributed by atoms with Crippen LogP contribution >= 0.6 is 23.2 Å². The van der Waals surface area contributed by atoms with Crippen molar-refractivity contribution in [1.29, 1.82) is 0 Å². The van der Waals surface area contributed by atoms with Crippen molar-refractivity contribution in [2.45, 2.75) is 25.7 Å². The van der Waals surface area contributed by atoms with Gasteiger partial charge in [0.15, 0.2) is 11.3 Å². The van der Waals surface area contributed by atoms with Crippen LogP contribution in [0.3, 0.4) is 0 Å². The van der Waals surface area contributed by atoms with Gasteiger partial charge in [-0.25, -0.2) is 0 Å². The molecule has 3 aliphatic rings. The Morgan fingerprint density at radius 1 is 0.703 bits per heavy atom. The Kier molecular flexibility index (Phi) is 17.1. The average Bonchev–Trinajstić information content (AvgIpc) is 3.29. The third-order valence-electron chi connectivity index (χ3n) is 10.7. The fraction of sp³-hybridized carbons (Fsp3) is 0.391. The number of aryl methyl sites for hydroxylation is 2. The molecule has 0 saturated carbocycles. The predicted octanol–water partition coefficient (Wildman–Crippen LogP) is 6.83. The molecule has 0 amide bonds. The summed E-state index contributed by atoms with van der Waals surface area (Å²) in [5.74, 6) is -1.54. The van der Waals surface area contributed by atoms with E-state index in [4.69, 9.17) is 56.0 Å². The van der Waals surface area contributed by atoms with Gasteiger partial charge in [0, 0.05) is 66.7 Å². The van der Waals surface area contributed by atoms with Gasteiger partial charge in [-0.3, -0.25) is 19.2 Å². The summed E-state index contributed by atoms with van der Waals surface area (Å²) in [5.41, 5.74) is 3.25. The van der Waals surface area contributed by atoms with Gasteiger partial charge in [-0.1, -0.05) is 29.3 Å². The minimum Gasteiger partial charge on any atom is -0.506 e. The van der Waals surface area contributed by atoms with Crippen molar-refractivity contribution in [2.24, 2.45) is 0 Å². The summed E-state index contributed by atoms with van der Waals surface area (Å²) in [6.45, 7) is 4.89. The summed E-state index contributed by atoms with van der Waals surface area (Å²) >= 11 is 13.4. The fourth-order valence-corrected chi connectivity index (χ4v) is 8.03. The maximum absolute atomic E-state index is 13.4. The van der Waals surface area contributed by atoms with Crippen molar-refractivity contribution in [3.8, 4) is 39.7 Å². The second-order valence-corrected chi connectivity index (χ2v) is 15.5. The van der Waals surface area contributed by atoms with Gasteiger partial charge in [0.2, 0.25) is 5.43 Å². The Morgan fingerprint density at radius 2 is 1.22 bits per heavy atom. The summed E-state index contributed by atoms with van der Waals surface area (Å²) in [6, 6.07) is 13.9. The summed E-state index contributed by atoms with van der Waals surface area (Å²) in [7, 11) is 3.10. The van der Waals surface area contributed by atoms with E-state index in [1.807, 2.05) is 18.2 Å². The number of anilines is 2. The van der Waals surface area contributed by atoms with Gasteiger partial charge in [-0.05, 0) is 66.4 Å². The van der Waals surface area contributed by atoms with Crippen molar-refractivity contribution in [3.05, 3.63) is 85.5 Å². The molecular weight excluding hydrogens is 875 g/mol. The highest BCUT2D eigenvalue weighted by molar-refractivity contribution is 6.37. The second-order valence-electron chi connectivity index (χ2n) is 14.8. The largest absolute Gasteiger partial charge is 0.506 e. The summed E-state index contributed by atoms with van der Waals surface area (Å²) in [6.07, 6.45) is 0.0104. The van der Waals surface area contributed by atoms with E-state index in [0.717, 1.165) is 12.0 Å². The molecule has 1 saturated heterocycles. The number of rotatable bonds is 12. The molecule has 3 aromatic carbocycles. The van der Waals surface area contributed by atoms with Crippen LogP contribution in [0.15, 0.2) is 57.7 Å². The standard InChI is InChI=1S/C46H50Cl2N2O14/c1-58-36-23-28(27-51)3-7-34(36)49-11-15-60-19-21-62-17-13-50(14-18-63-22-20-61-16-12-49)35-8-4-29(26-37(35)59-2)40-32-24-30(5-9-38(52)53)43(56)41(47)45(32)64-46-33(40)25-31(6-10-39(54)55)44(57)42(46)48/h3-4,7-8,23-27,56H,5-6,9-22H2,1-2H3,(H,52,53)(H,54,55). The summed E-state index contributed by atoms with van der Waals surface area (Å²) < 4.78 is 41.6. The maximum atomic E-state index is 13.4. The molecule has 1 aliphatic carbocycles. The van der Waals surface area contributed by atoms with Crippen LogP contribution in [0.1, 0.15) is 34.3 Å². The van der Waals surface area contributed by atoms with Crippen LogP contribution in [-0.4, -0.2) is 127 Å². The maximum Gasteiger partial charge on any atom is 0.303 e. The fourth-order valence-electron chi connectivity index (χ4n) is 7.50. The number of methoxy groups -OCH3 is 2. The van der Waals surface area contributed by atoms with E-state index in [-0.39, 0.29) is 63.9 Å².